The van der Waals surface area contributed by atoms with Crippen molar-refractivity contribution in [3.8, 4) is 0 Å². The Morgan fingerprint density at radius 3 is 1.03 bits per heavy atom. The van der Waals surface area contributed by atoms with E-state index in [1.165, 1.54) is 22.1 Å². The van der Waals surface area contributed by atoms with Crippen LogP contribution in [-0.4, -0.2) is 48.6 Å². The first-order valence-electron chi connectivity index (χ1n) is 11.1. The Morgan fingerprint density at radius 2 is 0.793 bits per heavy atom. The van der Waals surface area contributed by atoms with E-state index >= 15 is 0 Å². The summed E-state index contributed by atoms with van der Waals surface area (Å²) in [6, 6.07) is 20.0. The second-order valence-electron chi connectivity index (χ2n) is 9.19. The number of hydrogen-bond acceptors (Lipinski definition) is 2. The van der Waals surface area contributed by atoms with Gasteiger partial charge in [-0.15, -0.1) is 0 Å². The quantitative estimate of drug-likeness (QED) is 0.568. The molecule has 29 heavy (non-hydrogen) atoms. The average molecular weight is 388 g/mol. The molecule has 0 saturated heterocycles. The van der Waals surface area contributed by atoms with Crippen molar-refractivity contribution in [2.45, 2.75) is 86.0 Å². The fourth-order valence-corrected chi connectivity index (χ4v) is 3.81. The lowest BCUT2D eigenvalue weighted by Crippen LogP contribution is -2.45. The first kappa shape index (κ1) is 23.8. The molecule has 0 spiro atoms. The van der Waals surface area contributed by atoms with Gasteiger partial charge in [0.05, 0.1) is 0 Å². The van der Waals surface area contributed by atoms with Gasteiger partial charge < -0.3 is 9.62 Å². The molecular formula is C25H38B2N2. The van der Waals surface area contributed by atoms with Crippen LogP contribution in [0.2, 0.25) is 0 Å². The van der Waals surface area contributed by atoms with Gasteiger partial charge in [0.25, 0.3) is 0 Å². The van der Waals surface area contributed by atoms with Gasteiger partial charge in [-0.05, 0) is 41.7 Å². The molecule has 0 aliphatic rings. The van der Waals surface area contributed by atoms with Gasteiger partial charge in [0, 0.05) is 0 Å². The predicted octanol–water partition coefficient (Wildman–Crippen LogP) is 4.00. The summed E-state index contributed by atoms with van der Waals surface area (Å²) in [5.41, 5.74) is 5.24. The highest BCUT2D eigenvalue weighted by atomic mass is 15.1. The van der Waals surface area contributed by atoms with Crippen LogP contribution >= 0.6 is 0 Å². The molecule has 154 valence electrons. The zero-order chi connectivity index (χ0) is 21.6. The fourth-order valence-electron chi connectivity index (χ4n) is 3.81. The molecule has 0 aliphatic carbocycles. The van der Waals surface area contributed by atoms with Crippen LogP contribution in [0.3, 0.4) is 0 Å². The fraction of sp³-hybridized carbons (Fsp3) is 0.520. The molecule has 0 atom stereocenters. The van der Waals surface area contributed by atoms with Crippen molar-refractivity contribution in [1.29, 1.82) is 0 Å². The summed E-state index contributed by atoms with van der Waals surface area (Å²) >= 11 is 0. The molecule has 0 aromatic heterocycles. The molecule has 4 heteroatoms. The van der Waals surface area contributed by atoms with Crippen LogP contribution in [-0.2, 0) is 6.42 Å². The van der Waals surface area contributed by atoms with E-state index in [2.05, 4.69) is 128 Å². The van der Waals surface area contributed by atoms with E-state index in [9.17, 15) is 0 Å². The molecule has 2 rings (SSSR count). The van der Waals surface area contributed by atoms with Crippen molar-refractivity contribution >= 4 is 25.8 Å². The van der Waals surface area contributed by atoms with Gasteiger partial charge in [0.15, 0.2) is 0 Å². The zero-order valence-corrected chi connectivity index (χ0v) is 19.7. The lowest BCUT2D eigenvalue weighted by Gasteiger charge is -2.30. The summed E-state index contributed by atoms with van der Waals surface area (Å²) in [5, 5.41) is 0. The Hall–Kier alpha value is -1.51. The summed E-state index contributed by atoms with van der Waals surface area (Å²) in [6.07, 6.45) is 0.969. The molecule has 0 aliphatic heterocycles. The number of benzene rings is 2. The lowest BCUT2D eigenvalue weighted by molar-refractivity contribution is 0.315. The van der Waals surface area contributed by atoms with Crippen molar-refractivity contribution in [1.82, 2.24) is 9.62 Å². The highest BCUT2D eigenvalue weighted by Gasteiger charge is 2.16. The van der Waals surface area contributed by atoms with Crippen LogP contribution in [0.1, 0.15) is 66.5 Å². The minimum atomic E-state index is 0.507. The van der Waals surface area contributed by atoms with Crippen LogP contribution in [0.25, 0.3) is 0 Å². The van der Waals surface area contributed by atoms with Crippen LogP contribution in [0, 0.1) is 0 Å². The second kappa shape index (κ2) is 11.0. The number of nitrogens with zero attached hydrogens (tertiary/aromatic N) is 2. The largest absolute Gasteiger partial charge is 0.338 e. The Balaban J connectivity index is 1.98. The number of rotatable bonds is 10. The van der Waals surface area contributed by atoms with Crippen LogP contribution in [0.5, 0.6) is 0 Å². The molecule has 2 aromatic carbocycles. The molecule has 2 aromatic rings. The van der Waals surface area contributed by atoms with Crippen LogP contribution in [0.4, 0.5) is 0 Å². The molecule has 0 amide bonds. The summed E-state index contributed by atoms with van der Waals surface area (Å²) in [7, 11) is 4.55. The molecule has 0 N–H and O–H groups in total. The van der Waals surface area contributed by atoms with Crippen LogP contribution in [0.15, 0.2) is 48.5 Å². The van der Waals surface area contributed by atoms with E-state index < -0.39 is 0 Å². The predicted molar refractivity (Wildman–Crippen MR) is 131 cm³/mol. The monoisotopic (exact) mass is 388 g/mol. The van der Waals surface area contributed by atoms with Gasteiger partial charge in [-0.3, -0.25) is 0 Å². The van der Waals surface area contributed by atoms with Crippen molar-refractivity contribution in [2.24, 2.45) is 0 Å². The summed E-state index contributed by atoms with van der Waals surface area (Å²) in [6.45, 7) is 17.9. The summed E-state index contributed by atoms with van der Waals surface area (Å²) < 4.78 is 0. The summed E-state index contributed by atoms with van der Waals surface area (Å²) in [5.74, 6) is 0. The van der Waals surface area contributed by atoms with E-state index in [1.54, 1.807) is 0 Å². The van der Waals surface area contributed by atoms with Gasteiger partial charge in [0.2, 0.25) is 14.8 Å². The molecule has 0 heterocycles. The zero-order valence-electron chi connectivity index (χ0n) is 19.7. The van der Waals surface area contributed by atoms with Crippen molar-refractivity contribution < 1.29 is 0 Å². The Morgan fingerprint density at radius 1 is 0.517 bits per heavy atom. The molecule has 2 nitrogen and oxygen atoms in total. The first-order chi connectivity index (χ1) is 13.7. The molecule has 0 unspecified atom stereocenters. The third kappa shape index (κ3) is 7.35. The molecule has 0 saturated carbocycles. The Labute approximate surface area is 181 Å². The third-order valence-corrected chi connectivity index (χ3v) is 5.35. The maximum absolute atomic E-state index is 2.40. The SMILES string of the molecule is CC(C)N([B]c1ccc(Cc2ccc([B]N(C(C)C)C(C)C)cc2)cc1)C(C)C. The average Bonchev–Trinajstić information content (AvgIpc) is 2.65. The van der Waals surface area contributed by atoms with E-state index in [0.717, 1.165) is 6.42 Å². The minimum Gasteiger partial charge on any atom is -0.338 e. The maximum Gasteiger partial charge on any atom is 0.248 e. The van der Waals surface area contributed by atoms with Gasteiger partial charge in [-0.1, -0.05) is 115 Å². The van der Waals surface area contributed by atoms with Crippen molar-refractivity contribution in [2.75, 3.05) is 0 Å². The van der Waals surface area contributed by atoms with Crippen LogP contribution < -0.4 is 10.9 Å². The second-order valence-corrected chi connectivity index (χ2v) is 9.19. The normalized spacial score (nSPS) is 12.1. The maximum atomic E-state index is 2.40. The summed E-state index contributed by atoms with van der Waals surface area (Å²) in [4.78, 5) is 4.81. The van der Waals surface area contributed by atoms with E-state index in [1.807, 2.05) is 0 Å². The van der Waals surface area contributed by atoms with Gasteiger partial charge in [-0.2, -0.15) is 0 Å². The molecule has 2 radical (unpaired) electrons. The van der Waals surface area contributed by atoms with E-state index in [0.29, 0.717) is 24.2 Å². The number of hydrogen-bond donors (Lipinski definition) is 0. The standard InChI is InChI=1S/C25H38B2N2/c1-18(2)28(19(3)4)26-24-13-9-22(10-14-24)17-23-11-15-25(16-12-23)27-29(20(5)6)21(7)8/h9-16,18-21H,17H2,1-8H3. The minimum absolute atomic E-state index is 0.507. The lowest BCUT2D eigenvalue weighted by atomic mass is 9.77. The molecule has 0 fully saturated rings. The smallest absolute Gasteiger partial charge is 0.248 e. The highest BCUT2D eigenvalue weighted by Crippen LogP contribution is 2.09. The topological polar surface area (TPSA) is 6.48 Å². The van der Waals surface area contributed by atoms with Crippen molar-refractivity contribution in [3.05, 3.63) is 59.7 Å². The van der Waals surface area contributed by atoms with E-state index in [4.69, 9.17) is 0 Å². The molecule has 0 bridgehead atoms. The van der Waals surface area contributed by atoms with Gasteiger partial charge in [-0.25, -0.2) is 0 Å². The van der Waals surface area contributed by atoms with Crippen molar-refractivity contribution in [3.63, 3.8) is 0 Å². The Kier molecular flexibility index (Phi) is 9.04. The van der Waals surface area contributed by atoms with Gasteiger partial charge in [0.1, 0.15) is 0 Å². The Bertz CT molecular complexity index is 642. The third-order valence-electron chi connectivity index (χ3n) is 5.35. The van der Waals surface area contributed by atoms with E-state index in [-0.39, 0.29) is 0 Å². The van der Waals surface area contributed by atoms with Gasteiger partial charge >= 0.3 is 0 Å². The highest BCUT2D eigenvalue weighted by molar-refractivity contribution is 6.51. The first-order valence-corrected chi connectivity index (χ1v) is 11.1. The molecular weight excluding hydrogens is 350 g/mol.